The lowest BCUT2D eigenvalue weighted by Crippen LogP contribution is -2.00. The van der Waals surface area contributed by atoms with Gasteiger partial charge in [-0.1, -0.05) is 297 Å². The zero-order chi connectivity index (χ0) is 72.6. The highest BCUT2D eigenvalue weighted by Crippen LogP contribution is 2.45. The molecule has 0 saturated heterocycles. The predicted octanol–water partition coefficient (Wildman–Crippen LogP) is 27.1. The van der Waals surface area contributed by atoms with Gasteiger partial charge in [0.1, 0.15) is 22.3 Å². The zero-order valence-electron chi connectivity index (χ0n) is 59.3. The van der Waals surface area contributed by atoms with E-state index in [0.717, 1.165) is 116 Å². The predicted molar refractivity (Wildman–Crippen MR) is 454 cm³/mol. The van der Waals surface area contributed by atoms with Gasteiger partial charge in [0.25, 0.3) is 0 Å². The standard InChI is InChI=1S/C55H33N3O.C47H29N3O/c1-4-12-38-29-41(22-17-34(38)9-1)42-23-18-37-19-24-43(33-46(37)32-42)47-27-28-49(51-48-15-7-8-16-50(48)59-52(47)51)55-57-53(44-25-20-35-10-2-5-13-39(35)30-44)56-54(58-55)45-26-21-36-11-3-6-14-40(36)31-45;1-2-12-34(13-3-1)45-48-46(38-25-21-31-11-5-7-15-36(31)29-38)50-47(49-45)41-27-26-39(44-43(41)40-16-8-9-17-42(40)51-44)33-22-18-32(19-23-33)37-24-20-30-10-4-6-14-35(30)28-37/h1-33H;1-29H. The number of nitrogens with zero attached hydrogens (tertiary/aromatic N) is 6. The summed E-state index contributed by atoms with van der Waals surface area (Å²) in [5, 5.41) is 18.2. The molecule has 22 aromatic rings. The Morgan fingerprint density at radius 3 is 0.836 bits per heavy atom. The molecule has 22 rings (SSSR count). The van der Waals surface area contributed by atoms with E-state index in [2.05, 4.69) is 322 Å². The molecule has 110 heavy (non-hydrogen) atoms. The summed E-state index contributed by atoms with van der Waals surface area (Å²) in [6.07, 6.45) is 0. The van der Waals surface area contributed by atoms with Gasteiger partial charge in [-0.15, -0.1) is 0 Å². The third kappa shape index (κ3) is 11.6. The van der Waals surface area contributed by atoms with Crippen molar-refractivity contribution >= 4 is 109 Å². The van der Waals surface area contributed by atoms with E-state index in [1.165, 1.54) is 70.7 Å². The molecule has 4 aromatic heterocycles. The zero-order valence-corrected chi connectivity index (χ0v) is 59.3. The van der Waals surface area contributed by atoms with Crippen molar-refractivity contribution in [3.05, 3.63) is 376 Å². The van der Waals surface area contributed by atoms with Crippen LogP contribution in [0.2, 0.25) is 0 Å². The third-order valence-corrected chi connectivity index (χ3v) is 21.4. The molecule has 0 aliphatic carbocycles. The molecule has 0 unspecified atom stereocenters. The van der Waals surface area contributed by atoms with Crippen LogP contribution in [0.1, 0.15) is 0 Å². The first kappa shape index (κ1) is 63.6. The number of para-hydroxylation sites is 2. The SMILES string of the molecule is c1ccc(-c2nc(-c3ccc4ccccc4c3)nc(-c3ccc(-c4ccc(-c5ccc6ccccc6c5)cc4)c4oc5ccccc5c34)n2)cc1.c1ccc2cc(-c3ccc4ccc(-c5ccc(-c6nc(-c7ccc8ccccc8c7)nc(-c7ccc8ccccc8c7)n6)c6c5oc5ccccc56)cc4c3)ccc2c1. The molecule has 512 valence electrons. The van der Waals surface area contributed by atoms with Gasteiger partial charge >= 0.3 is 0 Å². The van der Waals surface area contributed by atoms with Gasteiger partial charge in [0, 0.05) is 66.1 Å². The summed E-state index contributed by atoms with van der Waals surface area (Å²) >= 11 is 0. The summed E-state index contributed by atoms with van der Waals surface area (Å²) < 4.78 is 13.5. The van der Waals surface area contributed by atoms with Crippen molar-refractivity contribution in [1.29, 1.82) is 0 Å². The highest BCUT2D eigenvalue weighted by Gasteiger charge is 2.24. The van der Waals surface area contributed by atoms with Gasteiger partial charge in [-0.05, 0) is 177 Å². The summed E-state index contributed by atoms with van der Waals surface area (Å²) in [7, 11) is 0. The maximum absolute atomic E-state index is 6.80. The molecule has 0 bridgehead atoms. The molecule has 0 aliphatic heterocycles. The molecule has 8 nitrogen and oxygen atoms in total. The van der Waals surface area contributed by atoms with Crippen molar-refractivity contribution in [2.75, 3.05) is 0 Å². The van der Waals surface area contributed by atoms with Crippen molar-refractivity contribution in [2.45, 2.75) is 0 Å². The van der Waals surface area contributed by atoms with Crippen LogP contribution in [-0.2, 0) is 0 Å². The van der Waals surface area contributed by atoms with Crippen molar-refractivity contribution in [3.8, 4) is 113 Å². The first-order valence-electron chi connectivity index (χ1n) is 37.0. The van der Waals surface area contributed by atoms with Crippen LogP contribution in [-0.4, -0.2) is 29.9 Å². The Morgan fingerprint density at radius 1 is 0.155 bits per heavy atom. The quantitative estimate of drug-likeness (QED) is 0.133. The molecule has 0 saturated carbocycles. The molecule has 18 aromatic carbocycles. The lowest BCUT2D eigenvalue weighted by atomic mass is 9.94. The van der Waals surface area contributed by atoms with Crippen LogP contribution in [0, 0.1) is 0 Å². The Bertz CT molecular complexity index is 7330. The van der Waals surface area contributed by atoms with E-state index in [4.69, 9.17) is 38.7 Å². The largest absolute Gasteiger partial charge is 0.455 e. The summed E-state index contributed by atoms with van der Waals surface area (Å²) in [5.74, 6) is 3.67. The lowest BCUT2D eigenvalue weighted by Gasteiger charge is -2.12. The Morgan fingerprint density at radius 2 is 0.418 bits per heavy atom. The van der Waals surface area contributed by atoms with E-state index in [0.29, 0.717) is 34.9 Å². The van der Waals surface area contributed by atoms with Crippen LogP contribution in [0.5, 0.6) is 0 Å². The summed E-state index contributed by atoms with van der Waals surface area (Å²) in [6, 6.07) is 132. The number of aromatic nitrogens is 6. The average Bonchev–Trinajstić information content (AvgIpc) is 1.55. The molecule has 0 spiro atoms. The Kier molecular flexibility index (Phi) is 15.4. The molecule has 0 atom stereocenters. The summed E-state index contributed by atoms with van der Waals surface area (Å²) in [6.45, 7) is 0. The first-order valence-corrected chi connectivity index (χ1v) is 37.0. The minimum Gasteiger partial charge on any atom is -0.455 e. The smallest absolute Gasteiger partial charge is 0.164 e. The van der Waals surface area contributed by atoms with Crippen LogP contribution in [0.3, 0.4) is 0 Å². The average molecular weight is 1400 g/mol. The van der Waals surface area contributed by atoms with Gasteiger partial charge in [-0.2, -0.15) is 0 Å². The highest BCUT2D eigenvalue weighted by atomic mass is 16.3. The normalized spacial score (nSPS) is 11.6. The minimum atomic E-state index is 0.591. The van der Waals surface area contributed by atoms with Crippen molar-refractivity contribution in [3.63, 3.8) is 0 Å². The second-order valence-electron chi connectivity index (χ2n) is 28.1. The van der Waals surface area contributed by atoms with Crippen LogP contribution < -0.4 is 0 Å². The molecular weight excluding hydrogens is 1340 g/mol. The van der Waals surface area contributed by atoms with Gasteiger partial charge in [-0.25, -0.2) is 29.9 Å². The van der Waals surface area contributed by atoms with Gasteiger partial charge < -0.3 is 8.83 Å². The summed E-state index contributed by atoms with van der Waals surface area (Å²) in [5.41, 5.74) is 17.7. The fourth-order valence-corrected chi connectivity index (χ4v) is 15.7. The van der Waals surface area contributed by atoms with Crippen molar-refractivity contribution < 1.29 is 8.83 Å². The molecule has 0 radical (unpaired) electrons. The second-order valence-corrected chi connectivity index (χ2v) is 28.1. The fraction of sp³-hybridized carbons (Fsp3) is 0. The number of hydrogen-bond acceptors (Lipinski definition) is 8. The number of furan rings is 2. The maximum Gasteiger partial charge on any atom is 0.164 e. The maximum atomic E-state index is 6.80. The third-order valence-electron chi connectivity index (χ3n) is 21.4. The number of fused-ring (bicyclic) bond motifs is 12. The topological polar surface area (TPSA) is 104 Å². The molecule has 0 amide bonds. The monoisotopic (exact) mass is 1400 g/mol. The van der Waals surface area contributed by atoms with Crippen LogP contribution in [0.4, 0.5) is 0 Å². The van der Waals surface area contributed by atoms with E-state index in [1.54, 1.807) is 0 Å². The van der Waals surface area contributed by atoms with Crippen LogP contribution >= 0.6 is 0 Å². The van der Waals surface area contributed by atoms with E-state index in [9.17, 15) is 0 Å². The first-order chi connectivity index (χ1) is 54.4. The van der Waals surface area contributed by atoms with Crippen molar-refractivity contribution in [2.24, 2.45) is 0 Å². The van der Waals surface area contributed by atoms with E-state index in [-0.39, 0.29) is 0 Å². The second kappa shape index (κ2) is 26.6. The molecule has 0 N–H and O–H groups in total. The number of hydrogen-bond donors (Lipinski definition) is 0. The molecule has 8 heteroatoms. The van der Waals surface area contributed by atoms with Crippen molar-refractivity contribution in [1.82, 2.24) is 29.9 Å². The fourth-order valence-electron chi connectivity index (χ4n) is 15.7. The molecule has 0 fully saturated rings. The lowest BCUT2D eigenvalue weighted by molar-refractivity contribution is 0.669. The molecule has 0 aliphatic rings. The molecular formula is C102H62N6O2. The highest BCUT2D eigenvalue weighted by molar-refractivity contribution is 6.17. The van der Waals surface area contributed by atoms with Gasteiger partial charge in [0.2, 0.25) is 0 Å². The number of rotatable bonds is 10. The van der Waals surface area contributed by atoms with Gasteiger partial charge in [0.15, 0.2) is 34.9 Å². The number of benzene rings is 18. The van der Waals surface area contributed by atoms with E-state index >= 15 is 0 Å². The van der Waals surface area contributed by atoms with E-state index in [1.807, 2.05) is 54.6 Å². The van der Waals surface area contributed by atoms with E-state index < -0.39 is 0 Å². The van der Waals surface area contributed by atoms with Crippen LogP contribution in [0.15, 0.2) is 385 Å². The molecule has 4 heterocycles. The minimum absolute atomic E-state index is 0.591. The Hall–Kier alpha value is -14.9. The van der Waals surface area contributed by atoms with Gasteiger partial charge in [-0.3, -0.25) is 0 Å². The van der Waals surface area contributed by atoms with Crippen LogP contribution in [0.25, 0.3) is 221 Å². The summed E-state index contributed by atoms with van der Waals surface area (Å²) in [4.78, 5) is 30.9. The van der Waals surface area contributed by atoms with Gasteiger partial charge in [0.05, 0.1) is 0 Å². The Labute approximate surface area is 632 Å². The Balaban J connectivity index is 0.000000141.